The molecule has 0 spiro atoms. The maximum Gasteiger partial charge on any atom is 0.264 e. The number of amides is 2. The molecule has 1 aliphatic heterocycles. The lowest BCUT2D eigenvalue weighted by molar-refractivity contribution is -0.115. The van der Waals surface area contributed by atoms with Crippen molar-refractivity contribution in [3.05, 3.63) is 120 Å². The van der Waals surface area contributed by atoms with Gasteiger partial charge in [0.25, 0.3) is 15.9 Å². The van der Waals surface area contributed by atoms with Crippen molar-refractivity contribution < 1.29 is 18.0 Å². The first-order valence-electron chi connectivity index (χ1n) is 12.4. The summed E-state index contributed by atoms with van der Waals surface area (Å²) in [7, 11) is -3.72. The van der Waals surface area contributed by atoms with E-state index >= 15 is 0 Å². The average Bonchev–Trinajstić information content (AvgIpc) is 2.94. The lowest BCUT2D eigenvalue weighted by atomic mass is 10.0. The highest BCUT2D eigenvalue weighted by molar-refractivity contribution is 7.92. The van der Waals surface area contributed by atoms with Crippen molar-refractivity contribution >= 4 is 38.9 Å². The van der Waals surface area contributed by atoms with E-state index in [9.17, 15) is 18.0 Å². The van der Waals surface area contributed by atoms with E-state index in [-0.39, 0.29) is 23.1 Å². The molecule has 2 amide bonds. The van der Waals surface area contributed by atoms with E-state index in [1.165, 1.54) is 16.4 Å². The third kappa shape index (κ3) is 5.60. The van der Waals surface area contributed by atoms with Gasteiger partial charge in [0.1, 0.15) is 0 Å². The van der Waals surface area contributed by atoms with Crippen molar-refractivity contribution in [2.75, 3.05) is 21.5 Å². The summed E-state index contributed by atoms with van der Waals surface area (Å²) in [6, 6.07) is 29.8. The summed E-state index contributed by atoms with van der Waals surface area (Å²) in [5.41, 5.74) is 4.14. The SMILES string of the molecule is O=C(Cc1ccccc1)Nc1ccc(C(=O)Nc2ccc(S(=O)(=O)N3CCCc4ccccc43)cc2)cc1. The van der Waals surface area contributed by atoms with Gasteiger partial charge in [-0.1, -0.05) is 48.5 Å². The monoisotopic (exact) mass is 525 g/mol. The minimum absolute atomic E-state index is 0.142. The summed E-state index contributed by atoms with van der Waals surface area (Å²) in [5.74, 6) is -0.482. The number of anilines is 3. The van der Waals surface area contributed by atoms with Gasteiger partial charge in [-0.25, -0.2) is 8.42 Å². The molecular weight excluding hydrogens is 498 g/mol. The van der Waals surface area contributed by atoms with Crippen molar-refractivity contribution in [3.8, 4) is 0 Å². The molecule has 4 aromatic carbocycles. The fourth-order valence-electron chi connectivity index (χ4n) is 4.48. The summed E-state index contributed by atoms with van der Waals surface area (Å²) in [6.45, 7) is 0.431. The number of nitrogens with zero attached hydrogens (tertiary/aromatic N) is 1. The Labute approximate surface area is 222 Å². The third-order valence-electron chi connectivity index (χ3n) is 6.41. The number of hydrogen-bond acceptors (Lipinski definition) is 4. The van der Waals surface area contributed by atoms with Crippen LogP contribution in [0.5, 0.6) is 0 Å². The van der Waals surface area contributed by atoms with Crippen LogP contribution in [0.25, 0.3) is 0 Å². The van der Waals surface area contributed by atoms with Gasteiger partial charge in [-0.3, -0.25) is 13.9 Å². The maximum atomic E-state index is 13.3. The summed E-state index contributed by atoms with van der Waals surface area (Å²) >= 11 is 0. The molecule has 0 atom stereocenters. The molecule has 0 aromatic heterocycles. The largest absolute Gasteiger partial charge is 0.326 e. The number of fused-ring (bicyclic) bond motifs is 1. The van der Waals surface area contributed by atoms with Gasteiger partial charge in [0, 0.05) is 23.5 Å². The molecule has 0 aliphatic carbocycles. The minimum Gasteiger partial charge on any atom is -0.326 e. The normalized spacial score (nSPS) is 12.9. The van der Waals surface area contributed by atoms with E-state index in [1.54, 1.807) is 36.4 Å². The van der Waals surface area contributed by atoms with Crippen LogP contribution < -0.4 is 14.9 Å². The van der Waals surface area contributed by atoms with E-state index in [1.807, 2.05) is 54.6 Å². The lowest BCUT2D eigenvalue weighted by Crippen LogP contribution is -2.35. The number of hydrogen-bond donors (Lipinski definition) is 2. The van der Waals surface area contributed by atoms with Crippen LogP contribution in [0.2, 0.25) is 0 Å². The summed E-state index contributed by atoms with van der Waals surface area (Å²) in [6.07, 6.45) is 1.88. The van der Waals surface area contributed by atoms with Crippen LogP contribution in [0.15, 0.2) is 108 Å². The molecule has 0 radical (unpaired) electrons. The van der Waals surface area contributed by atoms with Gasteiger partial charge in [-0.15, -0.1) is 0 Å². The Hall–Kier alpha value is -4.43. The maximum absolute atomic E-state index is 13.3. The minimum atomic E-state index is -3.72. The average molecular weight is 526 g/mol. The highest BCUT2D eigenvalue weighted by Gasteiger charge is 2.28. The first-order chi connectivity index (χ1) is 18.4. The molecule has 2 N–H and O–H groups in total. The second kappa shape index (κ2) is 10.9. The van der Waals surface area contributed by atoms with Crippen molar-refractivity contribution in [3.63, 3.8) is 0 Å². The molecule has 0 saturated carbocycles. The first kappa shape index (κ1) is 25.2. The van der Waals surface area contributed by atoms with Gasteiger partial charge >= 0.3 is 0 Å². The van der Waals surface area contributed by atoms with E-state index in [0.29, 0.717) is 23.5 Å². The van der Waals surface area contributed by atoms with Crippen molar-refractivity contribution in [1.29, 1.82) is 0 Å². The summed E-state index contributed by atoms with van der Waals surface area (Å²) < 4.78 is 28.1. The highest BCUT2D eigenvalue weighted by atomic mass is 32.2. The predicted octanol–water partition coefficient (Wildman–Crippen LogP) is 5.26. The van der Waals surface area contributed by atoms with Crippen LogP contribution in [-0.2, 0) is 27.7 Å². The Morgan fingerprint density at radius 2 is 1.37 bits per heavy atom. The van der Waals surface area contributed by atoms with Crippen LogP contribution in [0.3, 0.4) is 0 Å². The molecule has 192 valence electrons. The van der Waals surface area contributed by atoms with Crippen LogP contribution in [0.4, 0.5) is 17.1 Å². The number of nitrogens with one attached hydrogen (secondary N) is 2. The Kier molecular flexibility index (Phi) is 7.24. The third-order valence-corrected chi connectivity index (χ3v) is 8.23. The molecule has 38 heavy (non-hydrogen) atoms. The Balaban J connectivity index is 1.21. The molecule has 5 rings (SSSR count). The van der Waals surface area contributed by atoms with Gasteiger partial charge in [0.2, 0.25) is 5.91 Å². The molecule has 0 fully saturated rings. The Morgan fingerprint density at radius 3 is 2.11 bits per heavy atom. The van der Waals surface area contributed by atoms with Gasteiger partial charge in [0.05, 0.1) is 17.0 Å². The Bertz CT molecular complexity index is 1550. The number of benzene rings is 4. The topological polar surface area (TPSA) is 95.6 Å². The zero-order valence-corrected chi connectivity index (χ0v) is 21.4. The van der Waals surface area contributed by atoms with Crippen LogP contribution in [-0.4, -0.2) is 26.8 Å². The summed E-state index contributed by atoms with van der Waals surface area (Å²) in [4.78, 5) is 25.2. The number of para-hydroxylation sites is 1. The van der Waals surface area contributed by atoms with Gasteiger partial charge in [-0.05, 0) is 78.6 Å². The van der Waals surface area contributed by atoms with Crippen LogP contribution >= 0.6 is 0 Å². The number of carbonyl (C=O) groups is 2. The predicted molar refractivity (Wildman–Crippen MR) is 149 cm³/mol. The van der Waals surface area contributed by atoms with Crippen LogP contribution in [0, 0.1) is 0 Å². The quantitative estimate of drug-likeness (QED) is 0.344. The molecule has 0 saturated heterocycles. The highest BCUT2D eigenvalue weighted by Crippen LogP contribution is 2.32. The molecule has 7 nitrogen and oxygen atoms in total. The van der Waals surface area contributed by atoms with Gasteiger partial charge in [-0.2, -0.15) is 0 Å². The zero-order chi connectivity index (χ0) is 26.5. The zero-order valence-electron chi connectivity index (χ0n) is 20.6. The van der Waals surface area contributed by atoms with Crippen molar-refractivity contribution in [1.82, 2.24) is 0 Å². The summed E-state index contributed by atoms with van der Waals surface area (Å²) in [5, 5.41) is 5.62. The fraction of sp³-hybridized carbons (Fsp3) is 0.133. The second-order valence-electron chi connectivity index (χ2n) is 9.08. The molecular formula is C30H27N3O4S. The van der Waals surface area contributed by atoms with Crippen LogP contribution in [0.1, 0.15) is 27.9 Å². The van der Waals surface area contributed by atoms with Gasteiger partial charge in [0.15, 0.2) is 0 Å². The number of carbonyl (C=O) groups excluding carboxylic acids is 2. The first-order valence-corrected chi connectivity index (χ1v) is 13.8. The van der Waals surface area contributed by atoms with E-state index in [4.69, 9.17) is 0 Å². The molecule has 8 heteroatoms. The number of aryl methyl sites for hydroxylation is 1. The van der Waals surface area contributed by atoms with E-state index < -0.39 is 10.0 Å². The van der Waals surface area contributed by atoms with Gasteiger partial charge < -0.3 is 10.6 Å². The fourth-order valence-corrected chi connectivity index (χ4v) is 6.02. The molecule has 1 heterocycles. The second-order valence-corrected chi connectivity index (χ2v) is 10.9. The smallest absolute Gasteiger partial charge is 0.264 e. The van der Waals surface area contributed by atoms with Crippen molar-refractivity contribution in [2.45, 2.75) is 24.2 Å². The number of sulfonamides is 1. The number of rotatable bonds is 7. The lowest BCUT2D eigenvalue weighted by Gasteiger charge is -2.30. The molecule has 0 bridgehead atoms. The molecule has 1 aliphatic rings. The standard InChI is InChI=1S/C30H27N3O4S/c34-29(21-22-7-2-1-3-8-22)31-25-14-12-24(13-15-25)30(35)32-26-16-18-27(19-17-26)38(36,37)33-20-6-10-23-9-4-5-11-28(23)33/h1-5,7-9,11-19H,6,10,20-21H2,(H,31,34)(H,32,35). The Morgan fingerprint density at radius 1 is 0.737 bits per heavy atom. The van der Waals surface area contributed by atoms with Crippen molar-refractivity contribution in [2.24, 2.45) is 0 Å². The molecule has 0 unspecified atom stereocenters. The van der Waals surface area contributed by atoms with E-state index in [2.05, 4.69) is 10.6 Å². The van der Waals surface area contributed by atoms with E-state index in [0.717, 1.165) is 29.7 Å². The molecule has 4 aromatic rings.